The Balaban J connectivity index is 1.87. The van der Waals surface area contributed by atoms with Crippen LogP contribution in [0.3, 0.4) is 0 Å². The molecule has 0 saturated heterocycles. The van der Waals surface area contributed by atoms with Crippen LogP contribution in [0.25, 0.3) is 0 Å². The maximum absolute atomic E-state index is 11.5. The maximum Gasteiger partial charge on any atom is 0.210 e. The standard InChI is InChI=1S/C16H18N2O3S/c1-22(19,20)18-16(17)10-9-12-11-14(7-8-15(12)16)21-13-5-3-2-4-6-13/h2-8,11,18H,9-10,17H2,1H3. The molecule has 3 N–H and O–H groups in total. The van der Waals surface area contributed by atoms with Gasteiger partial charge in [-0.15, -0.1) is 0 Å². The van der Waals surface area contributed by atoms with Crippen LogP contribution in [0.15, 0.2) is 48.5 Å². The molecule has 0 amide bonds. The van der Waals surface area contributed by atoms with Gasteiger partial charge in [0, 0.05) is 0 Å². The summed E-state index contributed by atoms with van der Waals surface area (Å²) in [5.41, 5.74) is 7.01. The van der Waals surface area contributed by atoms with Gasteiger partial charge in [-0.25, -0.2) is 8.42 Å². The monoisotopic (exact) mass is 318 g/mol. The Bertz CT molecular complexity index is 790. The molecule has 0 spiro atoms. The molecule has 0 fully saturated rings. The summed E-state index contributed by atoms with van der Waals surface area (Å²) >= 11 is 0. The zero-order chi connectivity index (χ0) is 15.8. The highest BCUT2D eigenvalue weighted by molar-refractivity contribution is 7.88. The van der Waals surface area contributed by atoms with Gasteiger partial charge in [-0.3, -0.25) is 0 Å². The van der Waals surface area contributed by atoms with Gasteiger partial charge in [-0.1, -0.05) is 24.3 Å². The molecule has 2 aromatic rings. The molecule has 1 atom stereocenters. The normalized spacial score (nSPS) is 20.6. The molecule has 22 heavy (non-hydrogen) atoms. The van der Waals surface area contributed by atoms with Gasteiger partial charge >= 0.3 is 0 Å². The number of hydrogen-bond acceptors (Lipinski definition) is 4. The van der Waals surface area contributed by atoms with Crippen molar-refractivity contribution in [2.75, 3.05) is 6.26 Å². The van der Waals surface area contributed by atoms with E-state index >= 15 is 0 Å². The number of fused-ring (bicyclic) bond motifs is 1. The quantitative estimate of drug-likeness (QED) is 0.846. The summed E-state index contributed by atoms with van der Waals surface area (Å²) in [5, 5.41) is 0. The van der Waals surface area contributed by atoms with E-state index in [9.17, 15) is 8.42 Å². The SMILES string of the molecule is CS(=O)(=O)NC1(N)CCc2cc(Oc3ccccc3)ccc21. The van der Waals surface area contributed by atoms with E-state index in [0.29, 0.717) is 18.6 Å². The highest BCUT2D eigenvalue weighted by atomic mass is 32.2. The fourth-order valence-electron chi connectivity index (χ4n) is 2.80. The third kappa shape index (κ3) is 3.14. The molecule has 116 valence electrons. The van der Waals surface area contributed by atoms with Crippen LogP contribution in [-0.2, 0) is 22.1 Å². The van der Waals surface area contributed by atoms with Crippen molar-refractivity contribution in [3.05, 3.63) is 59.7 Å². The summed E-state index contributed by atoms with van der Waals surface area (Å²) in [6.07, 6.45) is 2.36. The van der Waals surface area contributed by atoms with Crippen LogP contribution in [-0.4, -0.2) is 14.7 Å². The molecule has 1 unspecified atom stereocenters. The number of nitrogens with two attached hydrogens (primary N) is 1. The lowest BCUT2D eigenvalue weighted by Crippen LogP contribution is -2.50. The van der Waals surface area contributed by atoms with E-state index in [1.165, 1.54) is 0 Å². The average Bonchev–Trinajstić information content (AvgIpc) is 2.75. The Hall–Kier alpha value is -1.89. The molecule has 1 aliphatic carbocycles. The Morgan fingerprint density at radius 2 is 1.86 bits per heavy atom. The second-order valence-corrected chi connectivity index (χ2v) is 7.33. The molecular weight excluding hydrogens is 300 g/mol. The van der Waals surface area contributed by atoms with Gasteiger partial charge in [-0.05, 0) is 48.2 Å². The van der Waals surface area contributed by atoms with E-state index in [0.717, 1.165) is 23.1 Å². The smallest absolute Gasteiger partial charge is 0.210 e. The number of aryl methyl sites for hydroxylation is 1. The molecule has 0 bridgehead atoms. The van der Waals surface area contributed by atoms with E-state index in [1.807, 2.05) is 48.5 Å². The van der Waals surface area contributed by atoms with Gasteiger partial charge < -0.3 is 10.5 Å². The predicted molar refractivity (Wildman–Crippen MR) is 85.1 cm³/mol. The molecule has 1 aliphatic rings. The summed E-state index contributed by atoms with van der Waals surface area (Å²) in [5.74, 6) is 1.47. The Kier molecular flexibility index (Phi) is 3.68. The third-order valence-electron chi connectivity index (χ3n) is 3.69. The molecule has 5 nitrogen and oxygen atoms in total. The van der Waals surface area contributed by atoms with Gasteiger partial charge in [-0.2, -0.15) is 4.72 Å². The third-order valence-corrected chi connectivity index (χ3v) is 4.43. The van der Waals surface area contributed by atoms with Crippen molar-refractivity contribution in [1.29, 1.82) is 0 Å². The van der Waals surface area contributed by atoms with Gasteiger partial charge in [0.15, 0.2) is 0 Å². The fraction of sp³-hybridized carbons (Fsp3) is 0.250. The number of ether oxygens (including phenoxy) is 1. The number of hydrogen-bond donors (Lipinski definition) is 2. The van der Waals surface area contributed by atoms with Crippen molar-refractivity contribution in [2.24, 2.45) is 5.73 Å². The summed E-state index contributed by atoms with van der Waals surface area (Å²) in [6, 6.07) is 15.1. The van der Waals surface area contributed by atoms with E-state index in [2.05, 4.69) is 4.72 Å². The van der Waals surface area contributed by atoms with Crippen LogP contribution in [0.5, 0.6) is 11.5 Å². The predicted octanol–water partition coefficient (Wildman–Crippen LogP) is 2.09. The molecule has 0 radical (unpaired) electrons. The van der Waals surface area contributed by atoms with Gasteiger partial charge in [0.1, 0.15) is 17.2 Å². The first-order chi connectivity index (χ1) is 10.4. The Morgan fingerprint density at radius 3 is 2.55 bits per heavy atom. The topological polar surface area (TPSA) is 81.4 Å². The van der Waals surface area contributed by atoms with E-state index in [-0.39, 0.29) is 0 Å². The Morgan fingerprint density at radius 1 is 1.14 bits per heavy atom. The average molecular weight is 318 g/mol. The molecule has 6 heteroatoms. The number of rotatable bonds is 4. The van der Waals surface area contributed by atoms with Crippen LogP contribution in [0.1, 0.15) is 17.5 Å². The number of benzene rings is 2. The number of para-hydroxylation sites is 1. The summed E-state index contributed by atoms with van der Waals surface area (Å²) < 4.78 is 31.3. The number of nitrogens with one attached hydrogen (secondary N) is 1. The molecule has 0 aliphatic heterocycles. The van der Waals surface area contributed by atoms with E-state index in [1.54, 1.807) is 0 Å². The summed E-state index contributed by atoms with van der Waals surface area (Å²) in [7, 11) is -3.37. The fourth-order valence-corrected chi connectivity index (χ4v) is 3.68. The molecule has 0 saturated carbocycles. The summed E-state index contributed by atoms with van der Waals surface area (Å²) in [4.78, 5) is 0. The zero-order valence-corrected chi connectivity index (χ0v) is 13.1. The van der Waals surface area contributed by atoms with Gasteiger partial charge in [0.2, 0.25) is 10.0 Å². The Labute approximate surface area is 130 Å². The second kappa shape index (κ2) is 5.39. The lowest BCUT2D eigenvalue weighted by molar-refractivity contribution is 0.407. The molecule has 0 heterocycles. The first kappa shape index (κ1) is 15.0. The van der Waals surface area contributed by atoms with Crippen molar-refractivity contribution in [1.82, 2.24) is 4.72 Å². The molecular formula is C16H18N2O3S. The zero-order valence-electron chi connectivity index (χ0n) is 12.2. The van der Waals surface area contributed by atoms with Crippen LogP contribution in [0.2, 0.25) is 0 Å². The minimum Gasteiger partial charge on any atom is -0.457 e. The van der Waals surface area contributed by atoms with Gasteiger partial charge in [0.05, 0.1) is 6.26 Å². The molecule has 0 aromatic heterocycles. The van der Waals surface area contributed by atoms with Crippen molar-refractivity contribution in [2.45, 2.75) is 18.5 Å². The highest BCUT2D eigenvalue weighted by Gasteiger charge is 2.37. The minimum absolute atomic E-state index is 0.532. The van der Waals surface area contributed by atoms with Crippen molar-refractivity contribution >= 4 is 10.0 Å². The van der Waals surface area contributed by atoms with Crippen LogP contribution < -0.4 is 15.2 Å². The second-order valence-electron chi connectivity index (χ2n) is 5.58. The van der Waals surface area contributed by atoms with Crippen molar-refractivity contribution in [3.8, 4) is 11.5 Å². The lowest BCUT2D eigenvalue weighted by atomic mass is 10.0. The molecule has 3 rings (SSSR count). The van der Waals surface area contributed by atoms with E-state index < -0.39 is 15.7 Å². The lowest BCUT2D eigenvalue weighted by Gasteiger charge is -2.25. The van der Waals surface area contributed by atoms with Crippen LogP contribution in [0, 0.1) is 0 Å². The van der Waals surface area contributed by atoms with Gasteiger partial charge in [0.25, 0.3) is 0 Å². The van der Waals surface area contributed by atoms with Crippen molar-refractivity contribution in [3.63, 3.8) is 0 Å². The largest absolute Gasteiger partial charge is 0.457 e. The highest BCUT2D eigenvalue weighted by Crippen LogP contribution is 2.36. The van der Waals surface area contributed by atoms with Crippen molar-refractivity contribution < 1.29 is 13.2 Å². The summed E-state index contributed by atoms with van der Waals surface area (Å²) in [6.45, 7) is 0. The maximum atomic E-state index is 11.5. The van der Waals surface area contributed by atoms with Crippen LogP contribution in [0.4, 0.5) is 0 Å². The molecule has 2 aromatic carbocycles. The number of sulfonamides is 1. The first-order valence-electron chi connectivity index (χ1n) is 7.00. The van der Waals surface area contributed by atoms with E-state index in [4.69, 9.17) is 10.5 Å². The first-order valence-corrected chi connectivity index (χ1v) is 8.89. The minimum atomic E-state index is -3.37. The van der Waals surface area contributed by atoms with Crippen LogP contribution >= 0.6 is 0 Å².